The summed E-state index contributed by atoms with van der Waals surface area (Å²) >= 11 is 0.980. The maximum Gasteiger partial charge on any atom is 0.335 e. The lowest BCUT2D eigenvalue weighted by molar-refractivity contribution is 0.0696. The molecule has 2 aromatic rings. The highest BCUT2D eigenvalue weighted by Crippen LogP contribution is 2.26. The normalized spacial score (nSPS) is 10.9. The fourth-order valence-electron chi connectivity index (χ4n) is 1.51. The average molecular weight is 326 g/mol. The van der Waals surface area contributed by atoms with Gasteiger partial charge in [-0.2, -0.15) is 5.26 Å². The van der Waals surface area contributed by atoms with Gasteiger partial charge >= 0.3 is 5.97 Å². The average Bonchev–Trinajstić information content (AvgIpc) is 2.84. The summed E-state index contributed by atoms with van der Waals surface area (Å²) in [4.78, 5) is 10.00. The minimum Gasteiger partial charge on any atom is -0.478 e. The van der Waals surface area contributed by atoms with Gasteiger partial charge in [0.05, 0.1) is 11.1 Å². The minimum atomic E-state index is -4.25. The van der Waals surface area contributed by atoms with Crippen molar-refractivity contribution in [2.75, 3.05) is 4.72 Å². The second kappa shape index (κ2) is 5.51. The lowest BCUT2D eigenvalue weighted by Gasteiger charge is -2.08. The lowest BCUT2D eigenvalue weighted by atomic mass is 10.2. The molecule has 6 nitrogen and oxygen atoms in total. The summed E-state index contributed by atoms with van der Waals surface area (Å²) in [6.07, 6.45) is 0. The van der Waals surface area contributed by atoms with Crippen LogP contribution in [0, 0.1) is 17.1 Å². The van der Waals surface area contributed by atoms with Gasteiger partial charge in [0, 0.05) is 0 Å². The molecule has 0 saturated carbocycles. The molecule has 0 aliphatic carbocycles. The third-order valence-corrected chi connectivity index (χ3v) is 4.82. The molecule has 0 atom stereocenters. The van der Waals surface area contributed by atoms with Crippen LogP contribution in [-0.2, 0) is 10.0 Å². The molecule has 2 N–H and O–H groups in total. The van der Waals surface area contributed by atoms with Gasteiger partial charge < -0.3 is 5.11 Å². The van der Waals surface area contributed by atoms with Gasteiger partial charge in [0.2, 0.25) is 0 Å². The number of aromatic carboxylic acids is 1. The molecule has 0 saturated heterocycles. The highest BCUT2D eigenvalue weighted by atomic mass is 32.2. The van der Waals surface area contributed by atoms with Gasteiger partial charge in [-0.15, -0.1) is 11.3 Å². The minimum absolute atomic E-state index is 0.0687. The molecular formula is C12H7FN2O4S2. The van der Waals surface area contributed by atoms with Gasteiger partial charge in [-0.3, -0.25) is 4.72 Å². The van der Waals surface area contributed by atoms with E-state index in [0.29, 0.717) is 6.07 Å². The Kier molecular flexibility index (Phi) is 3.93. The molecule has 0 radical (unpaired) electrons. The molecule has 108 valence electrons. The summed E-state index contributed by atoms with van der Waals surface area (Å²) in [5.74, 6) is -2.55. The van der Waals surface area contributed by atoms with E-state index < -0.39 is 26.7 Å². The van der Waals surface area contributed by atoms with Crippen LogP contribution in [0.15, 0.2) is 34.5 Å². The number of hydrogen-bond donors (Lipinski definition) is 2. The Balaban J connectivity index is 2.41. The number of carboxylic acid groups (broad SMARTS) is 1. The molecule has 0 bridgehead atoms. The number of halogens is 1. The topological polar surface area (TPSA) is 107 Å². The van der Waals surface area contributed by atoms with Crippen LogP contribution >= 0.6 is 11.3 Å². The van der Waals surface area contributed by atoms with E-state index in [0.717, 1.165) is 23.5 Å². The number of hydrogen-bond acceptors (Lipinski definition) is 5. The van der Waals surface area contributed by atoms with E-state index in [1.165, 1.54) is 11.4 Å². The highest BCUT2D eigenvalue weighted by Gasteiger charge is 2.22. The molecule has 0 fully saturated rings. The summed E-state index contributed by atoms with van der Waals surface area (Å²) in [6, 6.07) is 5.69. The number of carboxylic acids is 1. The zero-order valence-corrected chi connectivity index (χ0v) is 11.8. The Bertz CT molecular complexity index is 852. The van der Waals surface area contributed by atoms with Crippen LogP contribution in [0.2, 0.25) is 0 Å². The number of nitrogens with one attached hydrogen (secondary N) is 1. The highest BCUT2D eigenvalue weighted by molar-refractivity contribution is 7.93. The number of sulfonamides is 1. The van der Waals surface area contributed by atoms with Crippen LogP contribution in [-0.4, -0.2) is 19.5 Å². The summed E-state index contributed by atoms with van der Waals surface area (Å²) in [7, 11) is -4.25. The second-order valence-corrected chi connectivity index (χ2v) is 6.40. The SMILES string of the molecule is N#Cc1ccsc1NS(=O)(=O)c1ccc(C(=O)O)cc1F. The Morgan fingerprint density at radius 3 is 2.67 bits per heavy atom. The number of anilines is 1. The standard InChI is InChI=1S/C12H7FN2O4S2/c13-9-5-7(12(16)17)1-2-10(9)21(18,19)15-11-8(6-14)3-4-20-11/h1-5,15H,(H,16,17). The van der Waals surface area contributed by atoms with Crippen LogP contribution in [0.3, 0.4) is 0 Å². The Hall–Kier alpha value is -2.44. The van der Waals surface area contributed by atoms with E-state index in [2.05, 4.69) is 4.72 Å². The predicted octanol–water partition coefficient (Wildman–Crippen LogP) is 2.26. The van der Waals surface area contributed by atoms with Crippen molar-refractivity contribution in [1.29, 1.82) is 5.26 Å². The smallest absolute Gasteiger partial charge is 0.335 e. The number of benzene rings is 1. The van der Waals surface area contributed by atoms with Gasteiger partial charge in [-0.1, -0.05) is 0 Å². The van der Waals surface area contributed by atoms with Crippen LogP contribution in [0.4, 0.5) is 9.39 Å². The second-order valence-electron chi connectivity index (χ2n) is 3.83. The molecule has 1 aromatic heterocycles. The van der Waals surface area contributed by atoms with Crippen molar-refractivity contribution < 1.29 is 22.7 Å². The molecule has 21 heavy (non-hydrogen) atoms. The maximum absolute atomic E-state index is 13.8. The molecule has 0 aliphatic rings. The number of thiophene rings is 1. The van der Waals surface area contributed by atoms with E-state index in [4.69, 9.17) is 10.4 Å². The van der Waals surface area contributed by atoms with Gasteiger partial charge in [-0.05, 0) is 29.6 Å². The summed E-state index contributed by atoms with van der Waals surface area (Å²) in [6.45, 7) is 0. The maximum atomic E-state index is 13.8. The molecule has 2 rings (SSSR count). The molecular weight excluding hydrogens is 319 g/mol. The predicted molar refractivity (Wildman–Crippen MR) is 73.2 cm³/mol. The third kappa shape index (κ3) is 3.01. The van der Waals surface area contributed by atoms with Crippen molar-refractivity contribution in [2.24, 2.45) is 0 Å². The lowest BCUT2D eigenvalue weighted by Crippen LogP contribution is -2.15. The Morgan fingerprint density at radius 1 is 1.38 bits per heavy atom. The van der Waals surface area contributed by atoms with Crippen LogP contribution in [0.25, 0.3) is 0 Å². The molecule has 1 heterocycles. The monoisotopic (exact) mass is 326 g/mol. The first-order valence-corrected chi connectivity index (χ1v) is 7.74. The number of rotatable bonds is 4. The van der Waals surface area contributed by atoms with Crippen molar-refractivity contribution in [1.82, 2.24) is 0 Å². The summed E-state index contributed by atoms with van der Waals surface area (Å²) in [5.41, 5.74) is -0.244. The van der Waals surface area contributed by atoms with Crippen molar-refractivity contribution in [3.05, 3.63) is 46.6 Å². The summed E-state index contributed by atoms with van der Waals surface area (Å²) < 4.78 is 40.0. The van der Waals surface area contributed by atoms with Crippen LogP contribution in [0.5, 0.6) is 0 Å². The molecule has 1 aromatic carbocycles. The quantitative estimate of drug-likeness (QED) is 0.896. The van der Waals surface area contributed by atoms with E-state index in [-0.39, 0.29) is 16.1 Å². The van der Waals surface area contributed by atoms with E-state index in [1.54, 1.807) is 6.07 Å². The molecule has 9 heteroatoms. The first kappa shape index (κ1) is 15.0. The number of nitriles is 1. The first-order chi connectivity index (χ1) is 9.85. The van der Waals surface area contributed by atoms with Gasteiger partial charge in [0.15, 0.2) is 0 Å². The van der Waals surface area contributed by atoms with Crippen molar-refractivity contribution >= 4 is 32.3 Å². The van der Waals surface area contributed by atoms with Gasteiger partial charge in [0.1, 0.15) is 21.8 Å². The molecule has 0 unspecified atom stereocenters. The fourth-order valence-corrected chi connectivity index (χ4v) is 3.63. The number of nitrogens with zero attached hydrogens (tertiary/aromatic N) is 1. The van der Waals surface area contributed by atoms with Crippen LogP contribution < -0.4 is 4.72 Å². The molecule has 0 aliphatic heterocycles. The fraction of sp³-hybridized carbons (Fsp3) is 0. The molecule has 0 spiro atoms. The Labute approximate surface area is 123 Å². The van der Waals surface area contributed by atoms with Crippen molar-refractivity contribution in [3.63, 3.8) is 0 Å². The van der Waals surface area contributed by atoms with Crippen molar-refractivity contribution in [3.8, 4) is 6.07 Å². The third-order valence-electron chi connectivity index (χ3n) is 2.48. The van der Waals surface area contributed by atoms with Gasteiger partial charge in [-0.25, -0.2) is 17.6 Å². The zero-order chi connectivity index (χ0) is 15.6. The number of carbonyl (C=O) groups is 1. The van der Waals surface area contributed by atoms with E-state index in [9.17, 15) is 17.6 Å². The zero-order valence-electron chi connectivity index (χ0n) is 10.2. The molecule has 0 amide bonds. The van der Waals surface area contributed by atoms with E-state index >= 15 is 0 Å². The first-order valence-electron chi connectivity index (χ1n) is 5.38. The van der Waals surface area contributed by atoms with Gasteiger partial charge in [0.25, 0.3) is 10.0 Å². The van der Waals surface area contributed by atoms with Crippen LogP contribution in [0.1, 0.15) is 15.9 Å². The largest absolute Gasteiger partial charge is 0.478 e. The Morgan fingerprint density at radius 2 is 2.10 bits per heavy atom. The summed E-state index contributed by atoms with van der Waals surface area (Å²) in [5, 5.41) is 19.1. The van der Waals surface area contributed by atoms with Crippen molar-refractivity contribution in [2.45, 2.75) is 4.90 Å². The van der Waals surface area contributed by atoms with E-state index in [1.807, 2.05) is 0 Å².